The molecular weight excluding hydrogens is 304 g/mol. The molecule has 0 fully saturated rings. The summed E-state index contributed by atoms with van der Waals surface area (Å²) >= 11 is 0. The molecule has 4 rings (SSSR count). The van der Waals surface area contributed by atoms with Crippen LogP contribution in [0.2, 0.25) is 0 Å². The van der Waals surface area contributed by atoms with Crippen LogP contribution < -0.4 is 0 Å². The fourth-order valence-electron chi connectivity index (χ4n) is 3.65. The van der Waals surface area contributed by atoms with Crippen LogP contribution in [-0.4, -0.2) is 5.11 Å². The van der Waals surface area contributed by atoms with Crippen molar-refractivity contribution in [1.82, 2.24) is 0 Å². The van der Waals surface area contributed by atoms with E-state index in [4.69, 9.17) is 0 Å². The monoisotopic (exact) mass is 326 g/mol. The molecule has 0 aliphatic heterocycles. The molecule has 1 N–H and O–H groups in total. The Morgan fingerprint density at radius 3 is 2.48 bits per heavy atom. The summed E-state index contributed by atoms with van der Waals surface area (Å²) in [6, 6.07) is 18.6. The molecular formula is C24H22O. The van der Waals surface area contributed by atoms with Gasteiger partial charge in [-0.25, -0.2) is 0 Å². The molecule has 0 spiro atoms. The second-order valence-corrected chi connectivity index (χ2v) is 7.03. The van der Waals surface area contributed by atoms with Crippen molar-refractivity contribution < 1.29 is 5.11 Å². The number of benzene rings is 3. The van der Waals surface area contributed by atoms with Crippen LogP contribution in [0, 0.1) is 5.92 Å². The summed E-state index contributed by atoms with van der Waals surface area (Å²) in [6.45, 7) is 6.11. The number of hydrogen-bond acceptors (Lipinski definition) is 1. The molecule has 1 aliphatic carbocycles. The fourth-order valence-corrected chi connectivity index (χ4v) is 3.65. The number of phenolic OH excluding ortho intramolecular Hbond substituents is 1. The molecule has 0 saturated heterocycles. The summed E-state index contributed by atoms with van der Waals surface area (Å²) in [5.41, 5.74) is 5.68. The van der Waals surface area contributed by atoms with E-state index >= 15 is 0 Å². The smallest absolute Gasteiger partial charge is 0.123 e. The highest BCUT2D eigenvalue weighted by Crippen LogP contribution is 2.37. The van der Waals surface area contributed by atoms with E-state index in [0.29, 0.717) is 11.7 Å². The van der Waals surface area contributed by atoms with E-state index in [9.17, 15) is 5.11 Å². The number of rotatable bonds is 3. The third-order valence-electron chi connectivity index (χ3n) is 5.11. The van der Waals surface area contributed by atoms with Crippen LogP contribution in [0.4, 0.5) is 0 Å². The molecule has 1 heteroatoms. The molecule has 3 aromatic carbocycles. The lowest BCUT2D eigenvalue weighted by atomic mass is 9.95. The number of hydrogen-bond donors (Lipinski definition) is 1. The molecule has 3 aromatic rings. The summed E-state index contributed by atoms with van der Waals surface area (Å²) in [7, 11) is 0. The Balaban J connectivity index is 1.78. The van der Waals surface area contributed by atoms with Crippen molar-refractivity contribution in [2.45, 2.75) is 19.8 Å². The van der Waals surface area contributed by atoms with Crippen molar-refractivity contribution in [3.8, 4) is 16.9 Å². The number of aromatic hydroxyl groups is 1. The van der Waals surface area contributed by atoms with Crippen LogP contribution in [0.25, 0.3) is 33.5 Å². The van der Waals surface area contributed by atoms with Gasteiger partial charge in [-0.3, -0.25) is 0 Å². The molecule has 0 radical (unpaired) electrons. The van der Waals surface area contributed by atoms with Gasteiger partial charge in [0.1, 0.15) is 5.75 Å². The zero-order chi connectivity index (χ0) is 17.4. The summed E-state index contributed by atoms with van der Waals surface area (Å²) in [4.78, 5) is 0. The van der Waals surface area contributed by atoms with Crippen LogP contribution in [0.1, 0.15) is 30.9 Å². The van der Waals surface area contributed by atoms with E-state index < -0.39 is 0 Å². The lowest BCUT2D eigenvalue weighted by Crippen LogP contribution is -1.88. The predicted molar refractivity (Wildman–Crippen MR) is 108 cm³/mol. The average molecular weight is 326 g/mol. The Morgan fingerprint density at radius 1 is 0.960 bits per heavy atom. The normalized spacial score (nSPS) is 16.8. The molecule has 0 amide bonds. The Hall–Kier alpha value is -2.80. The number of fused-ring (bicyclic) bond motifs is 1. The average Bonchev–Trinajstić information content (AvgIpc) is 3.07. The van der Waals surface area contributed by atoms with Gasteiger partial charge in [-0.15, -0.1) is 0 Å². The largest absolute Gasteiger partial charge is 0.507 e. The van der Waals surface area contributed by atoms with Crippen molar-refractivity contribution >= 4 is 22.4 Å². The third kappa shape index (κ3) is 2.98. The molecule has 1 atom stereocenters. The van der Waals surface area contributed by atoms with Gasteiger partial charge in [0.25, 0.3) is 0 Å². The molecule has 25 heavy (non-hydrogen) atoms. The summed E-state index contributed by atoms with van der Waals surface area (Å²) in [5.74, 6) is 1.05. The first-order valence-electron chi connectivity index (χ1n) is 8.83. The zero-order valence-electron chi connectivity index (χ0n) is 14.5. The number of allylic oxidation sites excluding steroid dienone is 2. The molecule has 0 heterocycles. The molecule has 0 saturated carbocycles. The van der Waals surface area contributed by atoms with Crippen LogP contribution in [-0.2, 0) is 0 Å². The topological polar surface area (TPSA) is 20.2 Å². The van der Waals surface area contributed by atoms with Gasteiger partial charge in [-0.05, 0) is 76.1 Å². The first kappa shape index (κ1) is 15.7. The van der Waals surface area contributed by atoms with Gasteiger partial charge in [0.15, 0.2) is 0 Å². The summed E-state index contributed by atoms with van der Waals surface area (Å²) in [5, 5.41) is 12.8. The number of phenols is 1. The fraction of sp³-hybridized carbons (Fsp3) is 0.167. The van der Waals surface area contributed by atoms with Crippen molar-refractivity contribution in [2.75, 3.05) is 0 Å². The minimum atomic E-state index is 0.331. The maximum Gasteiger partial charge on any atom is 0.123 e. The first-order chi connectivity index (χ1) is 12.1. The first-order valence-corrected chi connectivity index (χ1v) is 8.83. The van der Waals surface area contributed by atoms with E-state index in [1.54, 1.807) is 0 Å². The van der Waals surface area contributed by atoms with Crippen LogP contribution >= 0.6 is 0 Å². The molecule has 1 unspecified atom stereocenters. The second-order valence-electron chi connectivity index (χ2n) is 7.03. The van der Waals surface area contributed by atoms with Crippen molar-refractivity contribution in [3.05, 3.63) is 78.4 Å². The van der Waals surface area contributed by atoms with Crippen molar-refractivity contribution in [3.63, 3.8) is 0 Å². The Bertz CT molecular complexity index is 994. The Morgan fingerprint density at radius 2 is 1.72 bits per heavy atom. The highest BCUT2D eigenvalue weighted by Gasteiger charge is 2.15. The SMILES string of the molecule is C=Cc1ccc2cc(-c3cc(C4=CCC(C)C4)ccc3O)ccc2c1. The van der Waals surface area contributed by atoms with E-state index in [1.165, 1.54) is 21.9 Å². The van der Waals surface area contributed by atoms with Crippen LogP contribution in [0.5, 0.6) is 5.75 Å². The quantitative estimate of drug-likeness (QED) is 0.570. The van der Waals surface area contributed by atoms with E-state index in [0.717, 1.165) is 29.5 Å². The molecule has 1 aliphatic rings. The highest BCUT2D eigenvalue weighted by molar-refractivity contribution is 5.90. The van der Waals surface area contributed by atoms with Gasteiger partial charge in [-0.1, -0.05) is 56.0 Å². The molecule has 1 nitrogen and oxygen atoms in total. The van der Waals surface area contributed by atoms with Gasteiger partial charge < -0.3 is 5.11 Å². The maximum atomic E-state index is 10.4. The van der Waals surface area contributed by atoms with Gasteiger partial charge in [0.2, 0.25) is 0 Å². The third-order valence-corrected chi connectivity index (χ3v) is 5.11. The predicted octanol–water partition coefficient (Wildman–Crippen LogP) is 6.67. The van der Waals surface area contributed by atoms with Gasteiger partial charge in [0.05, 0.1) is 0 Å². The molecule has 0 bridgehead atoms. The lowest BCUT2D eigenvalue weighted by Gasteiger charge is -2.11. The maximum absolute atomic E-state index is 10.4. The summed E-state index contributed by atoms with van der Waals surface area (Å²) in [6.07, 6.45) is 6.45. The van der Waals surface area contributed by atoms with Crippen molar-refractivity contribution in [2.24, 2.45) is 5.92 Å². The molecule has 0 aromatic heterocycles. The summed E-state index contributed by atoms with van der Waals surface area (Å²) < 4.78 is 0. The van der Waals surface area contributed by atoms with Crippen LogP contribution in [0.15, 0.2) is 67.3 Å². The van der Waals surface area contributed by atoms with E-state index in [-0.39, 0.29) is 0 Å². The van der Waals surface area contributed by atoms with Gasteiger partial charge in [-0.2, -0.15) is 0 Å². The van der Waals surface area contributed by atoms with Crippen LogP contribution in [0.3, 0.4) is 0 Å². The zero-order valence-corrected chi connectivity index (χ0v) is 14.5. The Labute approximate surface area is 148 Å². The second kappa shape index (κ2) is 6.25. The van der Waals surface area contributed by atoms with Gasteiger partial charge >= 0.3 is 0 Å². The van der Waals surface area contributed by atoms with Crippen molar-refractivity contribution in [1.29, 1.82) is 0 Å². The van der Waals surface area contributed by atoms with E-state index in [1.807, 2.05) is 18.2 Å². The lowest BCUT2D eigenvalue weighted by molar-refractivity contribution is 0.477. The standard InChI is InChI=1S/C24H22O/c1-3-17-5-7-20-14-22(9-8-19(20)13-17)23-15-21(10-11-24(23)25)18-6-4-16(2)12-18/h3,5-11,13-16,25H,1,4,12H2,2H3. The van der Waals surface area contributed by atoms with Gasteiger partial charge in [0, 0.05) is 5.56 Å². The Kier molecular flexibility index (Phi) is 3.93. The highest BCUT2D eigenvalue weighted by atomic mass is 16.3. The minimum absolute atomic E-state index is 0.331. The molecule has 124 valence electrons. The van der Waals surface area contributed by atoms with E-state index in [2.05, 4.69) is 62.0 Å². The minimum Gasteiger partial charge on any atom is -0.507 e.